The molecule has 1 aromatic heterocycles. The molecule has 3 rings (SSSR count). The van der Waals surface area contributed by atoms with E-state index in [9.17, 15) is 4.79 Å². The molecular weight excluding hydrogens is 335 g/mol. The maximum Gasteiger partial charge on any atom is 0.196 e. The lowest BCUT2D eigenvalue weighted by Crippen LogP contribution is -2.01. The molecule has 2 aromatic carbocycles. The van der Waals surface area contributed by atoms with Gasteiger partial charge in [-0.25, -0.2) is 0 Å². The van der Waals surface area contributed by atoms with Gasteiger partial charge in [0.05, 0.1) is 9.90 Å². The maximum absolute atomic E-state index is 12.6. The highest BCUT2D eigenvalue weighted by atomic mass is 35.5. The van der Waals surface area contributed by atoms with Gasteiger partial charge in [-0.15, -0.1) is 11.3 Å². The van der Waals surface area contributed by atoms with Gasteiger partial charge in [0.25, 0.3) is 0 Å². The van der Waals surface area contributed by atoms with Crippen LogP contribution in [0.1, 0.15) is 15.9 Å². The zero-order chi connectivity index (χ0) is 14.3. The molecule has 0 N–H and O–H groups in total. The van der Waals surface area contributed by atoms with Gasteiger partial charge in [0, 0.05) is 16.0 Å². The Kier molecular flexibility index (Phi) is 3.74. The number of hydrogen-bond acceptors (Lipinski definition) is 2. The molecule has 0 amide bonds. The summed E-state index contributed by atoms with van der Waals surface area (Å²) in [6.07, 6.45) is 0. The van der Waals surface area contributed by atoms with E-state index in [1.54, 1.807) is 18.2 Å². The number of rotatable bonds is 2. The van der Waals surface area contributed by atoms with Crippen LogP contribution in [0.15, 0.2) is 42.5 Å². The molecular formula is C15H7Cl3OS. The minimum Gasteiger partial charge on any atom is -0.288 e. The van der Waals surface area contributed by atoms with E-state index >= 15 is 0 Å². The molecule has 0 bridgehead atoms. The number of hydrogen-bond donors (Lipinski definition) is 0. The summed E-state index contributed by atoms with van der Waals surface area (Å²) in [5, 5.41) is 2.27. The van der Waals surface area contributed by atoms with Crippen LogP contribution in [0.4, 0.5) is 0 Å². The highest BCUT2D eigenvalue weighted by Gasteiger charge is 2.18. The van der Waals surface area contributed by atoms with Gasteiger partial charge in [-0.1, -0.05) is 59.1 Å². The fraction of sp³-hybridized carbons (Fsp3) is 0. The summed E-state index contributed by atoms with van der Waals surface area (Å²) in [6, 6.07) is 12.6. The quantitative estimate of drug-likeness (QED) is 0.515. The molecule has 0 saturated heterocycles. The molecule has 0 fully saturated rings. The van der Waals surface area contributed by atoms with E-state index in [0.29, 0.717) is 24.8 Å². The van der Waals surface area contributed by atoms with E-state index in [0.717, 1.165) is 10.8 Å². The largest absolute Gasteiger partial charge is 0.288 e. The van der Waals surface area contributed by atoms with Crippen LogP contribution >= 0.6 is 46.1 Å². The zero-order valence-electron chi connectivity index (χ0n) is 9.99. The highest BCUT2D eigenvalue weighted by molar-refractivity contribution is 7.20. The number of carbonyl (C=O) groups is 1. The van der Waals surface area contributed by atoms with Crippen molar-refractivity contribution in [3.05, 3.63) is 67.3 Å². The van der Waals surface area contributed by atoms with E-state index in [2.05, 4.69) is 0 Å². The van der Waals surface area contributed by atoms with Crippen molar-refractivity contribution in [2.45, 2.75) is 0 Å². The van der Waals surface area contributed by atoms with E-state index in [4.69, 9.17) is 34.8 Å². The molecule has 20 heavy (non-hydrogen) atoms. The predicted octanol–water partition coefficient (Wildman–Crippen LogP) is 6.09. The fourth-order valence-corrected chi connectivity index (χ4v) is 3.79. The molecule has 0 unspecified atom stereocenters. The summed E-state index contributed by atoms with van der Waals surface area (Å²) >= 11 is 19.3. The molecule has 0 aliphatic heterocycles. The van der Waals surface area contributed by atoms with E-state index < -0.39 is 0 Å². The van der Waals surface area contributed by atoms with E-state index in [-0.39, 0.29) is 5.78 Å². The molecule has 0 atom stereocenters. The van der Waals surface area contributed by atoms with Crippen molar-refractivity contribution in [1.29, 1.82) is 0 Å². The fourth-order valence-electron chi connectivity index (χ4n) is 2.10. The van der Waals surface area contributed by atoms with Gasteiger partial charge in [0.2, 0.25) is 0 Å². The Morgan fingerprint density at radius 2 is 1.60 bits per heavy atom. The van der Waals surface area contributed by atoms with Crippen molar-refractivity contribution in [2.75, 3.05) is 0 Å². The number of halogens is 3. The van der Waals surface area contributed by atoms with Gasteiger partial charge < -0.3 is 0 Å². The van der Waals surface area contributed by atoms with Crippen LogP contribution in [-0.4, -0.2) is 5.78 Å². The molecule has 0 radical (unpaired) electrons. The van der Waals surface area contributed by atoms with Crippen LogP contribution in [0.25, 0.3) is 10.8 Å². The van der Waals surface area contributed by atoms with Crippen molar-refractivity contribution in [2.24, 2.45) is 0 Å². The number of fused-ring (bicyclic) bond motifs is 1. The normalized spacial score (nSPS) is 10.9. The lowest BCUT2D eigenvalue weighted by molar-refractivity contribution is 0.104. The first-order chi connectivity index (χ1) is 9.58. The average Bonchev–Trinajstić information content (AvgIpc) is 2.78. The third kappa shape index (κ3) is 2.33. The molecule has 0 spiro atoms. The summed E-state index contributed by atoms with van der Waals surface area (Å²) < 4.78 is 0.899. The Hall–Kier alpha value is -1.06. The Morgan fingerprint density at radius 1 is 0.900 bits per heavy atom. The van der Waals surface area contributed by atoms with Crippen LogP contribution in [0.5, 0.6) is 0 Å². The summed E-state index contributed by atoms with van der Waals surface area (Å²) in [5.74, 6) is -0.147. The molecule has 0 aliphatic carbocycles. The zero-order valence-corrected chi connectivity index (χ0v) is 13.1. The van der Waals surface area contributed by atoms with Gasteiger partial charge >= 0.3 is 0 Å². The second-order valence-electron chi connectivity index (χ2n) is 4.21. The number of benzene rings is 2. The standard InChI is InChI=1S/C15H7Cl3OS/c16-12-6-5-10(8-3-1-2-4-9(8)12)14(19)11-7-13(17)20-15(11)18/h1-7H. The first-order valence-electron chi connectivity index (χ1n) is 5.74. The van der Waals surface area contributed by atoms with Crippen molar-refractivity contribution in [1.82, 2.24) is 0 Å². The monoisotopic (exact) mass is 340 g/mol. The van der Waals surface area contributed by atoms with Gasteiger partial charge in [-0.3, -0.25) is 4.79 Å². The van der Waals surface area contributed by atoms with Gasteiger partial charge in [0.1, 0.15) is 4.34 Å². The third-order valence-electron chi connectivity index (χ3n) is 3.02. The topological polar surface area (TPSA) is 17.1 Å². The Bertz CT molecular complexity index is 823. The average molecular weight is 342 g/mol. The first-order valence-corrected chi connectivity index (χ1v) is 7.70. The lowest BCUT2D eigenvalue weighted by Gasteiger charge is -2.06. The Morgan fingerprint density at radius 3 is 2.25 bits per heavy atom. The van der Waals surface area contributed by atoms with Crippen LogP contribution in [-0.2, 0) is 0 Å². The maximum atomic E-state index is 12.6. The summed E-state index contributed by atoms with van der Waals surface area (Å²) in [6.45, 7) is 0. The van der Waals surface area contributed by atoms with Gasteiger partial charge in [0.15, 0.2) is 5.78 Å². The molecule has 0 saturated carbocycles. The minimum atomic E-state index is -0.147. The second-order valence-corrected chi connectivity index (χ2v) is 6.90. The number of thiophene rings is 1. The Balaban J connectivity index is 2.23. The molecule has 100 valence electrons. The van der Waals surface area contributed by atoms with Crippen LogP contribution < -0.4 is 0 Å². The van der Waals surface area contributed by atoms with Crippen LogP contribution in [0.3, 0.4) is 0 Å². The molecule has 1 heterocycles. The second kappa shape index (κ2) is 5.38. The van der Waals surface area contributed by atoms with E-state index in [1.165, 1.54) is 11.3 Å². The highest BCUT2D eigenvalue weighted by Crippen LogP contribution is 2.34. The van der Waals surface area contributed by atoms with Crippen molar-refractivity contribution in [3.63, 3.8) is 0 Å². The van der Waals surface area contributed by atoms with Crippen molar-refractivity contribution in [3.8, 4) is 0 Å². The number of carbonyl (C=O) groups excluding carboxylic acids is 1. The lowest BCUT2D eigenvalue weighted by atomic mass is 9.98. The number of ketones is 1. The van der Waals surface area contributed by atoms with Crippen molar-refractivity contribution < 1.29 is 4.79 Å². The van der Waals surface area contributed by atoms with Crippen LogP contribution in [0, 0.1) is 0 Å². The smallest absolute Gasteiger partial charge is 0.196 e. The van der Waals surface area contributed by atoms with Crippen molar-refractivity contribution >= 4 is 62.7 Å². The predicted molar refractivity (Wildman–Crippen MR) is 86.7 cm³/mol. The first kappa shape index (κ1) is 13.9. The van der Waals surface area contributed by atoms with Gasteiger partial charge in [-0.2, -0.15) is 0 Å². The van der Waals surface area contributed by atoms with Gasteiger partial charge in [-0.05, 0) is 23.6 Å². The van der Waals surface area contributed by atoms with E-state index in [1.807, 2.05) is 24.3 Å². The SMILES string of the molecule is O=C(c1cc(Cl)sc1Cl)c1ccc(Cl)c2ccccc12. The summed E-state index contributed by atoms with van der Waals surface area (Å²) in [7, 11) is 0. The summed E-state index contributed by atoms with van der Waals surface area (Å²) in [4.78, 5) is 12.6. The molecule has 1 nitrogen and oxygen atoms in total. The minimum absolute atomic E-state index is 0.147. The third-order valence-corrected chi connectivity index (χ3v) is 4.83. The molecule has 3 aromatic rings. The Labute approximate surface area is 134 Å². The molecule has 0 aliphatic rings. The molecule has 5 heteroatoms. The van der Waals surface area contributed by atoms with Crippen LogP contribution in [0.2, 0.25) is 13.7 Å². The summed E-state index contributed by atoms with van der Waals surface area (Å²) in [5.41, 5.74) is 0.996.